The topological polar surface area (TPSA) is 78.8 Å². The first kappa shape index (κ1) is 15.0. The van der Waals surface area contributed by atoms with Crippen molar-refractivity contribution in [3.8, 4) is 0 Å². The van der Waals surface area contributed by atoms with Crippen molar-refractivity contribution in [1.29, 1.82) is 0 Å². The summed E-state index contributed by atoms with van der Waals surface area (Å²) in [5.41, 5.74) is 0.553. The largest absolute Gasteiger partial charge is 0.354 e. The number of carbonyl (C=O) groups is 1. The molecule has 1 aromatic carbocycles. The van der Waals surface area contributed by atoms with Crippen molar-refractivity contribution in [3.05, 3.63) is 29.8 Å². The van der Waals surface area contributed by atoms with Crippen LogP contribution in [-0.2, 0) is 14.8 Å². The molecule has 0 radical (unpaired) electrons. The summed E-state index contributed by atoms with van der Waals surface area (Å²) >= 11 is 0. The fourth-order valence-electron chi connectivity index (χ4n) is 2.67. The van der Waals surface area contributed by atoms with Crippen molar-refractivity contribution < 1.29 is 13.2 Å². The van der Waals surface area contributed by atoms with Crippen molar-refractivity contribution in [2.45, 2.75) is 24.2 Å². The van der Waals surface area contributed by atoms with Gasteiger partial charge >= 0.3 is 0 Å². The molecular weight excluding hydrogens is 302 g/mol. The second-order valence-electron chi connectivity index (χ2n) is 5.84. The van der Waals surface area contributed by atoms with Crippen LogP contribution in [0.4, 0.5) is 0 Å². The highest BCUT2D eigenvalue weighted by Gasteiger charge is 2.31. The van der Waals surface area contributed by atoms with Crippen LogP contribution in [0.2, 0.25) is 0 Å². The van der Waals surface area contributed by atoms with E-state index in [1.54, 1.807) is 30.1 Å². The van der Waals surface area contributed by atoms with E-state index in [1.165, 1.54) is 25.3 Å². The van der Waals surface area contributed by atoms with Gasteiger partial charge in [-0.05, 0) is 30.9 Å². The van der Waals surface area contributed by atoms with E-state index in [0.717, 1.165) is 0 Å². The molecule has 2 aliphatic rings. The number of amides is 1. The lowest BCUT2D eigenvalue weighted by atomic mass is 9.85. The molecule has 1 heterocycles. The molecule has 1 aliphatic carbocycles. The van der Waals surface area contributed by atoms with Gasteiger partial charge in [-0.15, -0.1) is 4.40 Å². The van der Waals surface area contributed by atoms with Gasteiger partial charge in [0.2, 0.25) is 5.91 Å². The molecule has 0 unspecified atom stereocenters. The summed E-state index contributed by atoms with van der Waals surface area (Å²) in [5, 5.41) is 2.90. The highest BCUT2D eigenvalue weighted by molar-refractivity contribution is 7.90. The van der Waals surface area contributed by atoms with E-state index in [4.69, 9.17) is 0 Å². The van der Waals surface area contributed by atoms with Crippen molar-refractivity contribution in [1.82, 2.24) is 10.2 Å². The molecule has 1 saturated carbocycles. The van der Waals surface area contributed by atoms with E-state index in [9.17, 15) is 13.2 Å². The number of carbonyl (C=O) groups excluding carboxylic acids is 1. The zero-order valence-electron chi connectivity index (χ0n) is 12.4. The summed E-state index contributed by atoms with van der Waals surface area (Å²) in [6, 6.07) is 6.67. The van der Waals surface area contributed by atoms with Crippen LogP contribution in [0.1, 0.15) is 24.8 Å². The summed E-state index contributed by atoms with van der Waals surface area (Å²) < 4.78 is 27.8. The third kappa shape index (κ3) is 2.85. The summed E-state index contributed by atoms with van der Waals surface area (Å²) in [5.74, 6) is 0.812. The van der Waals surface area contributed by atoms with Crippen LogP contribution in [0, 0.1) is 5.92 Å². The number of benzene rings is 1. The number of fused-ring (bicyclic) bond motifs is 1. The zero-order chi connectivity index (χ0) is 15.7. The van der Waals surface area contributed by atoms with Crippen molar-refractivity contribution in [3.63, 3.8) is 0 Å². The van der Waals surface area contributed by atoms with E-state index >= 15 is 0 Å². The Hall–Kier alpha value is -1.89. The Bertz CT molecular complexity index is 723. The fraction of sp³-hybridized carbons (Fsp3) is 0.467. The number of rotatable bonds is 4. The van der Waals surface area contributed by atoms with E-state index < -0.39 is 10.0 Å². The number of hydrogen-bond acceptors (Lipinski definition) is 4. The van der Waals surface area contributed by atoms with Gasteiger partial charge in [0.1, 0.15) is 4.90 Å². The van der Waals surface area contributed by atoms with Crippen LogP contribution in [0.25, 0.3) is 0 Å². The van der Waals surface area contributed by atoms with Crippen LogP contribution in [0.3, 0.4) is 0 Å². The van der Waals surface area contributed by atoms with E-state index in [2.05, 4.69) is 9.71 Å². The maximum atomic E-state index is 12.0. The highest BCUT2D eigenvalue weighted by atomic mass is 32.2. The van der Waals surface area contributed by atoms with Gasteiger partial charge in [0.05, 0.1) is 6.54 Å². The van der Waals surface area contributed by atoms with Crippen LogP contribution in [0.15, 0.2) is 33.6 Å². The molecule has 22 heavy (non-hydrogen) atoms. The van der Waals surface area contributed by atoms with Crippen LogP contribution in [-0.4, -0.2) is 45.2 Å². The van der Waals surface area contributed by atoms with Crippen LogP contribution >= 0.6 is 0 Å². The Morgan fingerprint density at radius 3 is 2.77 bits per heavy atom. The fourth-order valence-corrected chi connectivity index (χ4v) is 3.92. The maximum Gasteiger partial charge on any atom is 0.285 e. The number of hydrogen-bond donors (Lipinski definition) is 1. The van der Waals surface area contributed by atoms with Crippen molar-refractivity contribution in [2.24, 2.45) is 10.3 Å². The molecule has 0 bridgehead atoms. The number of likely N-dealkylation sites (N-methyl/N-ethyl adjacent to an activating group) is 1. The predicted molar refractivity (Wildman–Crippen MR) is 83.1 cm³/mol. The molecule has 1 N–H and O–H groups in total. The zero-order valence-corrected chi connectivity index (χ0v) is 13.3. The molecule has 0 spiro atoms. The maximum absolute atomic E-state index is 12.0. The summed E-state index contributed by atoms with van der Waals surface area (Å²) in [7, 11) is -1.96. The monoisotopic (exact) mass is 321 g/mol. The molecule has 1 amide bonds. The molecule has 118 valence electrons. The molecule has 7 heteroatoms. The van der Waals surface area contributed by atoms with Gasteiger partial charge in [-0.1, -0.05) is 18.6 Å². The normalized spacial score (nSPS) is 19.0. The van der Waals surface area contributed by atoms with Crippen LogP contribution in [0.5, 0.6) is 0 Å². The minimum Gasteiger partial charge on any atom is -0.354 e. The number of nitrogens with one attached hydrogen (secondary N) is 1. The first-order chi connectivity index (χ1) is 10.5. The lowest BCUT2D eigenvalue weighted by molar-refractivity contribution is -0.121. The third-order valence-corrected chi connectivity index (χ3v) is 5.49. The van der Waals surface area contributed by atoms with Gasteiger partial charge < -0.3 is 10.2 Å². The standard InChI is InChI=1S/C15H19N3O3S/c1-18(10-14(19)16-9-11-5-4-6-11)15-12-7-2-3-8-13(12)22(20,21)17-15/h2-3,7-8,11H,4-6,9-10H2,1H3,(H,16,19). The minimum atomic E-state index is -3.64. The van der Waals surface area contributed by atoms with E-state index in [1.807, 2.05) is 0 Å². The van der Waals surface area contributed by atoms with Gasteiger partial charge in [-0.25, -0.2) is 0 Å². The van der Waals surface area contributed by atoms with Gasteiger partial charge in [0, 0.05) is 19.2 Å². The molecule has 1 aromatic rings. The molecule has 0 aromatic heterocycles. The first-order valence-corrected chi connectivity index (χ1v) is 8.83. The molecule has 0 atom stereocenters. The Labute approximate surface area is 130 Å². The van der Waals surface area contributed by atoms with E-state index in [0.29, 0.717) is 23.9 Å². The SMILES string of the molecule is CN(CC(=O)NCC1CCC1)C1=NS(=O)(=O)c2ccccc21. The Morgan fingerprint density at radius 1 is 1.36 bits per heavy atom. The number of amidine groups is 1. The number of nitrogens with zero attached hydrogens (tertiary/aromatic N) is 2. The molecular formula is C15H19N3O3S. The quantitative estimate of drug-likeness (QED) is 0.897. The minimum absolute atomic E-state index is 0.0927. The second-order valence-corrected chi connectivity index (χ2v) is 7.42. The van der Waals surface area contributed by atoms with Crippen molar-refractivity contribution in [2.75, 3.05) is 20.1 Å². The van der Waals surface area contributed by atoms with Crippen molar-refractivity contribution >= 4 is 21.8 Å². The number of sulfonamides is 1. The van der Waals surface area contributed by atoms with E-state index in [-0.39, 0.29) is 17.3 Å². The smallest absolute Gasteiger partial charge is 0.285 e. The average molecular weight is 321 g/mol. The molecule has 1 aliphatic heterocycles. The van der Waals surface area contributed by atoms with Crippen LogP contribution < -0.4 is 5.32 Å². The third-order valence-electron chi connectivity index (χ3n) is 4.17. The summed E-state index contributed by atoms with van der Waals surface area (Å²) in [6.07, 6.45) is 3.59. The van der Waals surface area contributed by atoms with Gasteiger partial charge in [0.15, 0.2) is 5.84 Å². The molecule has 1 fully saturated rings. The molecule has 6 nitrogen and oxygen atoms in total. The molecule has 0 saturated heterocycles. The Morgan fingerprint density at radius 2 is 2.09 bits per heavy atom. The lowest BCUT2D eigenvalue weighted by Crippen LogP contribution is -2.40. The Balaban J connectivity index is 1.67. The second kappa shape index (κ2) is 5.72. The Kier molecular flexibility index (Phi) is 3.90. The lowest BCUT2D eigenvalue weighted by Gasteiger charge is -2.26. The highest BCUT2D eigenvalue weighted by Crippen LogP contribution is 2.27. The van der Waals surface area contributed by atoms with Gasteiger partial charge in [-0.3, -0.25) is 4.79 Å². The van der Waals surface area contributed by atoms with Gasteiger partial charge in [0.25, 0.3) is 10.0 Å². The first-order valence-electron chi connectivity index (χ1n) is 7.39. The predicted octanol–water partition coefficient (Wildman–Crippen LogP) is 0.984. The summed E-state index contributed by atoms with van der Waals surface area (Å²) in [4.78, 5) is 13.8. The molecule has 3 rings (SSSR count). The average Bonchev–Trinajstić information content (AvgIpc) is 2.70. The van der Waals surface area contributed by atoms with Gasteiger partial charge in [-0.2, -0.15) is 8.42 Å². The summed E-state index contributed by atoms with van der Waals surface area (Å²) in [6.45, 7) is 0.795.